The molecule has 0 aromatic carbocycles. The number of aldehydes is 1. The van der Waals surface area contributed by atoms with E-state index in [4.69, 9.17) is 0 Å². The second-order valence-electron chi connectivity index (χ2n) is 3.59. The number of carbonyl (C=O) groups is 1. The molecule has 1 heterocycles. The van der Waals surface area contributed by atoms with Gasteiger partial charge in [0.25, 0.3) is 0 Å². The van der Waals surface area contributed by atoms with Crippen molar-refractivity contribution >= 4 is 6.29 Å². The van der Waals surface area contributed by atoms with E-state index in [1.807, 2.05) is 0 Å². The lowest BCUT2D eigenvalue weighted by atomic mass is 10.3. The summed E-state index contributed by atoms with van der Waals surface area (Å²) in [5, 5.41) is 0. The van der Waals surface area contributed by atoms with Crippen LogP contribution in [0.5, 0.6) is 0 Å². The van der Waals surface area contributed by atoms with Crippen molar-refractivity contribution in [1.82, 2.24) is 4.57 Å². The lowest BCUT2D eigenvalue weighted by molar-refractivity contribution is -0.138. The van der Waals surface area contributed by atoms with Gasteiger partial charge in [0.05, 0.1) is 6.54 Å². The minimum absolute atomic E-state index is 0.238. The number of aryl methyl sites for hydroxylation is 1. The van der Waals surface area contributed by atoms with Gasteiger partial charge < -0.3 is 4.57 Å². The van der Waals surface area contributed by atoms with E-state index in [0.717, 1.165) is 4.57 Å². The number of aromatic nitrogens is 1. The highest BCUT2D eigenvalue weighted by molar-refractivity contribution is 5.77. The van der Waals surface area contributed by atoms with Crippen molar-refractivity contribution in [2.24, 2.45) is 0 Å². The Morgan fingerprint density at radius 2 is 2.00 bits per heavy atom. The molecule has 2 nitrogen and oxygen atoms in total. The van der Waals surface area contributed by atoms with E-state index in [2.05, 4.69) is 0 Å². The molecule has 0 fully saturated rings. The van der Waals surface area contributed by atoms with Crippen LogP contribution < -0.4 is 0 Å². The van der Waals surface area contributed by atoms with Gasteiger partial charge in [-0.1, -0.05) is 0 Å². The molecule has 0 aliphatic rings. The first kappa shape index (κ1) is 12.7. The summed E-state index contributed by atoms with van der Waals surface area (Å²) in [6, 6.07) is 1.39. The van der Waals surface area contributed by atoms with Crippen LogP contribution in [-0.2, 0) is 6.54 Å². The molecule has 0 amide bonds. The summed E-state index contributed by atoms with van der Waals surface area (Å²) in [7, 11) is 0. The van der Waals surface area contributed by atoms with Crippen LogP contribution >= 0.6 is 0 Å². The highest BCUT2D eigenvalue weighted by Crippen LogP contribution is 2.27. The van der Waals surface area contributed by atoms with Gasteiger partial charge in [-0.3, -0.25) is 4.79 Å². The topological polar surface area (TPSA) is 22.0 Å². The quantitative estimate of drug-likeness (QED) is 0.583. The fraction of sp³-hybridized carbons (Fsp3) is 0.500. The SMILES string of the molecule is Cc1cc(C=O)c(C)n1CC(F)(F)C(F)F. The van der Waals surface area contributed by atoms with Gasteiger partial charge in [0, 0.05) is 17.0 Å². The van der Waals surface area contributed by atoms with Crippen LogP contribution in [0.15, 0.2) is 6.07 Å². The Bertz CT molecular complexity index is 398. The van der Waals surface area contributed by atoms with Gasteiger partial charge >= 0.3 is 12.3 Å². The van der Waals surface area contributed by atoms with E-state index in [1.165, 1.54) is 19.9 Å². The van der Waals surface area contributed by atoms with Crippen LogP contribution in [0.25, 0.3) is 0 Å². The number of halogens is 4. The van der Waals surface area contributed by atoms with Crippen molar-refractivity contribution in [2.75, 3.05) is 0 Å². The molecule has 0 N–H and O–H groups in total. The molecule has 0 saturated heterocycles. The fourth-order valence-electron chi connectivity index (χ4n) is 1.47. The van der Waals surface area contributed by atoms with E-state index in [9.17, 15) is 22.4 Å². The lowest BCUT2D eigenvalue weighted by Gasteiger charge is -2.18. The molecule has 0 unspecified atom stereocenters. The van der Waals surface area contributed by atoms with Crippen molar-refractivity contribution in [3.8, 4) is 0 Å². The molecule has 1 aromatic heterocycles. The maximum atomic E-state index is 12.8. The third-order valence-corrected chi connectivity index (χ3v) is 2.43. The molecule has 0 radical (unpaired) electrons. The third kappa shape index (κ3) is 2.25. The fourth-order valence-corrected chi connectivity index (χ4v) is 1.47. The summed E-state index contributed by atoms with van der Waals surface area (Å²) in [5.74, 6) is -4.09. The summed E-state index contributed by atoms with van der Waals surface area (Å²) >= 11 is 0. The maximum Gasteiger partial charge on any atom is 0.324 e. The second-order valence-corrected chi connectivity index (χ2v) is 3.59. The largest absolute Gasteiger partial charge is 0.342 e. The van der Waals surface area contributed by atoms with Crippen molar-refractivity contribution in [1.29, 1.82) is 0 Å². The molecule has 0 aliphatic carbocycles. The predicted octanol–water partition coefficient (Wildman–Crippen LogP) is 2.82. The number of nitrogens with zero attached hydrogens (tertiary/aromatic N) is 1. The Hall–Kier alpha value is -1.33. The van der Waals surface area contributed by atoms with Crippen molar-refractivity contribution in [3.05, 3.63) is 23.0 Å². The van der Waals surface area contributed by atoms with Crippen LogP contribution in [0.1, 0.15) is 21.7 Å². The summed E-state index contributed by atoms with van der Waals surface area (Å²) in [4.78, 5) is 10.5. The Morgan fingerprint density at radius 3 is 2.38 bits per heavy atom. The molecule has 0 atom stereocenters. The third-order valence-electron chi connectivity index (χ3n) is 2.43. The molecule has 90 valence electrons. The van der Waals surface area contributed by atoms with Gasteiger partial charge in [0.1, 0.15) is 0 Å². The second kappa shape index (κ2) is 4.27. The average molecular weight is 237 g/mol. The van der Waals surface area contributed by atoms with Gasteiger partial charge in [-0.15, -0.1) is 0 Å². The molecule has 0 spiro atoms. The van der Waals surface area contributed by atoms with Crippen LogP contribution in [0.4, 0.5) is 17.6 Å². The zero-order valence-corrected chi connectivity index (χ0v) is 8.81. The molecular weight excluding hydrogens is 226 g/mol. The summed E-state index contributed by atoms with van der Waals surface area (Å²) in [6.07, 6.45) is -3.20. The van der Waals surface area contributed by atoms with Crippen molar-refractivity contribution in [2.45, 2.75) is 32.7 Å². The average Bonchev–Trinajstić information content (AvgIpc) is 2.44. The number of rotatable bonds is 4. The predicted molar refractivity (Wildman–Crippen MR) is 50.2 cm³/mol. The molecule has 0 bridgehead atoms. The van der Waals surface area contributed by atoms with E-state index < -0.39 is 18.9 Å². The summed E-state index contributed by atoms with van der Waals surface area (Å²) < 4.78 is 50.8. The number of hydrogen-bond acceptors (Lipinski definition) is 1. The number of carbonyl (C=O) groups excluding carboxylic acids is 1. The zero-order chi connectivity index (χ0) is 12.5. The molecular formula is C10H11F4NO. The highest BCUT2D eigenvalue weighted by Gasteiger charge is 2.41. The van der Waals surface area contributed by atoms with Gasteiger partial charge in [-0.2, -0.15) is 8.78 Å². The first-order chi connectivity index (χ1) is 7.29. The van der Waals surface area contributed by atoms with Gasteiger partial charge in [-0.25, -0.2) is 8.78 Å². The first-order valence-corrected chi connectivity index (χ1v) is 4.57. The Labute approximate surface area is 89.9 Å². The zero-order valence-electron chi connectivity index (χ0n) is 8.81. The smallest absolute Gasteiger partial charge is 0.324 e. The minimum Gasteiger partial charge on any atom is -0.342 e. The Balaban J connectivity index is 3.06. The molecule has 0 aliphatic heterocycles. The molecule has 1 rings (SSSR count). The maximum absolute atomic E-state index is 12.8. The molecule has 1 aromatic rings. The molecule has 6 heteroatoms. The Kier molecular flexibility index (Phi) is 3.40. The van der Waals surface area contributed by atoms with Crippen LogP contribution in [0.2, 0.25) is 0 Å². The van der Waals surface area contributed by atoms with Crippen LogP contribution in [0, 0.1) is 13.8 Å². The minimum atomic E-state index is -4.09. The standard InChI is InChI=1S/C10H11F4NO/c1-6-3-8(4-16)7(2)15(6)5-10(13,14)9(11)12/h3-4,9H,5H2,1-2H3. The molecule has 16 heavy (non-hydrogen) atoms. The van der Waals surface area contributed by atoms with Gasteiger partial charge in [0.15, 0.2) is 6.29 Å². The first-order valence-electron chi connectivity index (χ1n) is 4.57. The van der Waals surface area contributed by atoms with E-state index in [1.54, 1.807) is 0 Å². The van der Waals surface area contributed by atoms with Crippen molar-refractivity contribution in [3.63, 3.8) is 0 Å². The van der Waals surface area contributed by atoms with E-state index in [-0.39, 0.29) is 11.3 Å². The van der Waals surface area contributed by atoms with E-state index in [0.29, 0.717) is 12.0 Å². The number of alkyl halides is 4. The number of hydrogen-bond donors (Lipinski definition) is 0. The van der Waals surface area contributed by atoms with Gasteiger partial charge in [-0.05, 0) is 19.9 Å². The lowest BCUT2D eigenvalue weighted by Crippen LogP contribution is -2.32. The molecule has 0 saturated carbocycles. The van der Waals surface area contributed by atoms with E-state index >= 15 is 0 Å². The van der Waals surface area contributed by atoms with Crippen molar-refractivity contribution < 1.29 is 22.4 Å². The highest BCUT2D eigenvalue weighted by atomic mass is 19.3. The van der Waals surface area contributed by atoms with Gasteiger partial charge in [0.2, 0.25) is 0 Å². The van der Waals surface area contributed by atoms with Crippen LogP contribution in [-0.4, -0.2) is 23.2 Å². The monoisotopic (exact) mass is 237 g/mol. The van der Waals surface area contributed by atoms with Crippen LogP contribution in [0.3, 0.4) is 0 Å². The summed E-state index contributed by atoms with van der Waals surface area (Å²) in [6.45, 7) is 1.82. The normalized spacial score (nSPS) is 12.2. The Morgan fingerprint density at radius 1 is 1.44 bits per heavy atom. The summed E-state index contributed by atoms with van der Waals surface area (Å²) in [5.41, 5.74) is 0.871.